The molecule has 1 aromatic rings. The largest absolute Gasteiger partial charge is 0.481 e. The minimum atomic E-state index is -1.00. The van der Waals surface area contributed by atoms with Crippen molar-refractivity contribution >= 4 is 24.6 Å². The van der Waals surface area contributed by atoms with Crippen LogP contribution in [-0.2, 0) is 16.0 Å². The van der Waals surface area contributed by atoms with Crippen LogP contribution in [0.2, 0.25) is 0 Å². The highest BCUT2D eigenvalue weighted by molar-refractivity contribution is 7.80. The molecule has 5 nitrogen and oxygen atoms in total. The summed E-state index contributed by atoms with van der Waals surface area (Å²) < 4.78 is 0. The van der Waals surface area contributed by atoms with Gasteiger partial charge in [0, 0.05) is 12.2 Å². The molecule has 0 aliphatic rings. The topological polar surface area (TPSA) is 101 Å². The zero-order valence-corrected chi connectivity index (χ0v) is 10.7. The first-order valence-electron chi connectivity index (χ1n) is 5.32. The average molecular weight is 271 g/mol. The maximum absolute atomic E-state index is 10.2. The number of carboxylic acids is 2. The molecule has 18 heavy (non-hydrogen) atoms. The second-order valence-corrected chi connectivity index (χ2v) is 3.87. The molecular formula is C12H17NO4S. The first kappa shape index (κ1) is 16.5. The van der Waals surface area contributed by atoms with Crippen LogP contribution in [0.5, 0.6) is 0 Å². The highest BCUT2D eigenvalue weighted by Crippen LogP contribution is 2.01. The van der Waals surface area contributed by atoms with Crippen molar-refractivity contribution in [1.29, 1.82) is 0 Å². The zero-order valence-electron chi connectivity index (χ0n) is 9.82. The van der Waals surface area contributed by atoms with E-state index in [2.05, 4.69) is 12.6 Å². The molecule has 0 fully saturated rings. The highest BCUT2D eigenvalue weighted by Gasteiger charge is 2.06. The first-order valence-corrected chi connectivity index (χ1v) is 5.95. The third kappa shape index (κ3) is 8.60. The quantitative estimate of drug-likeness (QED) is 0.599. The van der Waals surface area contributed by atoms with Gasteiger partial charge in [-0.25, -0.2) is 0 Å². The summed E-state index contributed by atoms with van der Waals surface area (Å²) >= 11 is 3.65. The van der Waals surface area contributed by atoms with E-state index in [1.54, 1.807) is 0 Å². The lowest BCUT2D eigenvalue weighted by molar-refractivity contribution is -0.138. The minimum Gasteiger partial charge on any atom is -0.481 e. The van der Waals surface area contributed by atoms with Crippen molar-refractivity contribution in [3.05, 3.63) is 35.9 Å². The number of carbonyl (C=O) groups is 2. The van der Waals surface area contributed by atoms with Gasteiger partial charge in [-0.15, -0.1) is 0 Å². The highest BCUT2D eigenvalue weighted by atomic mass is 32.1. The van der Waals surface area contributed by atoms with Crippen molar-refractivity contribution in [3.8, 4) is 0 Å². The molecule has 6 heteroatoms. The fraction of sp³-hybridized carbons (Fsp3) is 0.333. The molecule has 0 amide bonds. The molecular weight excluding hydrogens is 254 g/mol. The van der Waals surface area contributed by atoms with Crippen LogP contribution in [0.4, 0.5) is 0 Å². The minimum absolute atomic E-state index is 0.190. The number of hydrogen-bond acceptors (Lipinski definition) is 4. The Bertz CT molecular complexity index is 370. The van der Waals surface area contributed by atoms with Gasteiger partial charge in [0.15, 0.2) is 0 Å². The third-order valence-corrected chi connectivity index (χ3v) is 2.38. The number of thiol groups is 1. The molecule has 0 bridgehead atoms. The Kier molecular flexibility index (Phi) is 8.69. The van der Waals surface area contributed by atoms with E-state index >= 15 is 0 Å². The molecule has 1 atom stereocenters. The number of benzene rings is 1. The molecule has 0 saturated heterocycles. The number of rotatable bonds is 5. The maximum Gasteiger partial charge on any atom is 0.321 e. The van der Waals surface area contributed by atoms with Crippen molar-refractivity contribution in [1.82, 2.24) is 0 Å². The Morgan fingerprint density at radius 3 is 2.11 bits per heavy atom. The van der Waals surface area contributed by atoms with Crippen LogP contribution in [0.3, 0.4) is 0 Å². The van der Waals surface area contributed by atoms with Gasteiger partial charge < -0.3 is 15.9 Å². The van der Waals surface area contributed by atoms with Crippen LogP contribution < -0.4 is 5.73 Å². The summed E-state index contributed by atoms with van der Waals surface area (Å²) in [5.41, 5.74) is 6.02. The summed E-state index contributed by atoms with van der Waals surface area (Å²) in [7, 11) is 0. The van der Waals surface area contributed by atoms with E-state index in [1.807, 2.05) is 30.3 Å². The van der Waals surface area contributed by atoms with Crippen molar-refractivity contribution < 1.29 is 19.8 Å². The van der Waals surface area contributed by atoms with Crippen LogP contribution in [0.25, 0.3) is 0 Å². The van der Waals surface area contributed by atoms with Gasteiger partial charge in [0.2, 0.25) is 0 Å². The Balaban J connectivity index is 0.000000360. The molecule has 1 rings (SSSR count). The van der Waals surface area contributed by atoms with Crippen molar-refractivity contribution in [3.63, 3.8) is 0 Å². The molecule has 0 saturated carbocycles. The Hall–Kier alpha value is -1.53. The smallest absolute Gasteiger partial charge is 0.321 e. The standard InChI is InChI=1S/C9H10O2.C3H7NO2S/c10-9(11)7-6-8-4-2-1-3-5-8;4-2(1-7)3(5)6/h1-5H,6-7H2,(H,10,11);2,7H,1,4H2,(H,5,6). The normalized spacial score (nSPS) is 11.0. The van der Waals surface area contributed by atoms with E-state index in [9.17, 15) is 9.59 Å². The monoisotopic (exact) mass is 271 g/mol. The van der Waals surface area contributed by atoms with Crippen LogP contribution in [0.1, 0.15) is 12.0 Å². The molecule has 0 aliphatic carbocycles. The first-order chi connectivity index (χ1) is 8.47. The SMILES string of the molecule is NC(CS)C(=O)O.O=C(O)CCc1ccccc1. The molecule has 1 unspecified atom stereocenters. The number of aliphatic carboxylic acids is 2. The molecule has 100 valence electrons. The second-order valence-electron chi connectivity index (χ2n) is 3.51. The second kappa shape index (κ2) is 9.49. The number of carboxylic acid groups (broad SMARTS) is 2. The molecule has 1 aromatic carbocycles. The van der Waals surface area contributed by atoms with Crippen LogP contribution in [-0.4, -0.2) is 33.9 Å². The van der Waals surface area contributed by atoms with Crippen LogP contribution in [0.15, 0.2) is 30.3 Å². The lowest BCUT2D eigenvalue weighted by atomic mass is 10.1. The summed E-state index contributed by atoms with van der Waals surface area (Å²) in [4.78, 5) is 19.9. The number of hydrogen-bond donors (Lipinski definition) is 4. The van der Waals surface area contributed by atoms with Gasteiger partial charge >= 0.3 is 11.9 Å². The summed E-state index contributed by atoms with van der Waals surface area (Å²) in [6, 6.07) is 8.80. The van der Waals surface area contributed by atoms with E-state index in [0.717, 1.165) is 5.56 Å². The van der Waals surface area contributed by atoms with Crippen molar-refractivity contribution in [2.75, 3.05) is 5.75 Å². The summed E-state index contributed by atoms with van der Waals surface area (Å²) in [6.45, 7) is 0. The van der Waals surface area contributed by atoms with Gasteiger partial charge in [0.25, 0.3) is 0 Å². The molecule has 4 N–H and O–H groups in total. The van der Waals surface area contributed by atoms with Gasteiger partial charge in [-0.2, -0.15) is 12.6 Å². The van der Waals surface area contributed by atoms with E-state index in [4.69, 9.17) is 15.9 Å². The van der Waals surface area contributed by atoms with Crippen molar-refractivity contribution in [2.45, 2.75) is 18.9 Å². The third-order valence-electron chi connectivity index (χ3n) is 1.98. The lowest BCUT2D eigenvalue weighted by Gasteiger charge is -1.96. The van der Waals surface area contributed by atoms with Gasteiger partial charge in [-0.05, 0) is 12.0 Å². The molecule has 0 spiro atoms. The molecule has 0 aromatic heterocycles. The van der Waals surface area contributed by atoms with Gasteiger partial charge in [-0.1, -0.05) is 30.3 Å². The van der Waals surface area contributed by atoms with E-state index in [0.29, 0.717) is 6.42 Å². The predicted octanol–water partition coefficient (Wildman–Crippen LogP) is 1.03. The molecule has 0 heterocycles. The van der Waals surface area contributed by atoms with Gasteiger partial charge in [0.05, 0.1) is 0 Å². The lowest BCUT2D eigenvalue weighted by Crippen LogP contribution is -2.31. The van der Waals surface area contributed by atoms with Gasteiger partial charge in [0.1, 0.15) is 6.04 Å². The summed E-state index contributed by atoms with van der Waals surface area (Å²) in [5.74, 6) is -1.56. The predicted molar refractivity (Wildman–Crippen MR) is 71.9 cm³/mol. The number of aryl methyl sites for hydroxylation is 1. The van der Waals surface area contributed by atoms with E-state index < -0.39 is 18.0 Å². The Morgan fingerprint density at radius 2 is 1.78 bits per heavy atom. The van der Waals surface area contributed by atoms with Crippen LogP contribution in [0, 0.1) is 0 Å². The summed E-state index contributed by atoms with van der Waals surface area (Å²) in [6.07, 6.45) is 0.834. The average Bonchev–Trinajstić information content (AvgIpc) is 2.37. The molecule has 0 aliphatic heterocycles. The summed E-state index contributed by atoms with van der Waals surface area (Å²) in [5, 5.41) is 16.4. The fourth-order valence-electron chi connectivity index (χ4n) is 0.974. The number of nitrogens with two attached hydrogens (primary N) is 1. The molecule has 0 radical (unpaired) electrons. The van der Waals surface area contributed by atoms with Crippen molar-refractivity contribution in [2.24, 2.45) is 5.73 Å². The van der Waals surface area contributed by atoms with E-state index in [1.165, 1.54) is 0 Å². The maximum atomic E-state index is 10.2. The van der Waals surface area contributed by atoms with E-state index in [-0.39, 0.29) is 12.2 Å². The Labute approximate surface area is 111 Å². The fourth-order valence-corrected chi connectivity index (χ4v) is 1.13. The zero-order chi connectivity index (χ0) is 14.0. The van der Waals surface area contributed by atoms with Gasteiger partial charge in [-0.3, -0.25) is 9.59 Å². The van der Waals surface area contributed by atoms with Crippen LogP contribution >= 0.6 is 12.6 Å². The Morgan fingerprint density at radius 1 is 1.22 bits per heavy atom.